The number of hydrogen-bond donors (Lipinski definition) is 1. The van der Waals surface area contributed by atoms with Crippen molar-refractivity contribution < 1.29 is 22.4 Å². The van der Waals surface area contributed by atoms with Gasteiger partial charge in [0.1, 0.15) is 11.0 Å². The first kappa shape index (κ1) is 15.2. The third kappa shape index (κ3) is 3.46. The minimum Gasteiger partial charge on any atom is -0.305 e. The van der Waals surface area contributed by atoms with E-state index in [1.807, 2.05) is 0 Å². The summed E-state index contributed by atoms with van der Waals surface area (Å²) in [5.41, 5.74) is -2.26. The van der Waals surface area contributed by atoms with Crippen LogP contribution < -0.4 is 5.32 Å². The molecule has 1 aromatic carbocycles. The highest BCUT2D eigenvalue weighted by atomic mass is 35.5. The molecule has 2 aromatic rings. The molecular weight excluding hydrogens is 314 g/mol. The molecule has 0 aliphatic rings. The number of anilines is 1. The van der Waals surface area contributed by atoms with E-state index in [9.17, 15) is 22.4 Å². The van der Waals surface area contributed by atoms with Crippen LogP contribution in [0.1, 0.15) is 15.9 Å². The average Bonchev–Trinajstić information content (AvgIpc) is 2.40. The highest BCUT2D eigenvalue weighted by Gasteiger charge is 2.35. The van der Waals surface area contributed by atoms with Crippen molar-refractivity contribution in [3.8, 4) is 0 Å². The summed E-state index contributed by atoms with van der Waals surface area (Å²) in [7, 11) is 0. The third-order valence-corrected chi connectivity index (χ3v) is 2.61. The van der Waals surface area contributed by atoms with Gasteiger partial charge in [-0.2, -0.15) is 13.2 Å². The normalized spacial score (nSPS) is 11.3. The first-order chi connectivity index (χ1) is 9.79. The van der Waals surface area contributed by atoms with Crippen molar-refractivity contribution in [2.75, 3.05) is 5.32 Å². The van der Waals surface area contributed by atoms with Gasteiger partial charge >= 0.3 is 6.18 Å². The summed E-state index contributed by atoms with van der Waals surface area (Å²) in [4.78, 5) is 19.1. The quantitative estimate of drug-likeness (QED) is 0.861. The largest absolute Gasteiger partial charge is 0.419 e. The fourth-order valence-electron chi connectivity index (χ4n) is 1.49. The second-order valence-electron chi connectivity index (χ2n) is 3.84. The van der Waals surface area contributed by atoms with Crippen LogP contribution in [0.3, 0.4) is 0 Å². The molecule has 0 unspecified atom stereocenters. The van der Waals surface area contributed by atoms with Gasteiger partial charge in [0.15, 0.2) is 5.82 Å². The molecule has 1 N–H and O–H groups in total. The fraction of sp³-hybridized carbons (Fsp3) is 0.0833. The molecule has 0 radical (unpaired) electrons. The van der Waals surface area contributed by atoms with Crippen molar-refractivity contribution in [3.05, 3.63) is 52.7 Å². The molecule has 1 amide bonds. The summed E-state index contributed by atoms with van der Waals surface area (Å²) in [6.45, 7) is 0. The maximum atomic E-state index is 13.7. The molecule has 4 nitrogen and oxygen atoms in total. The lowest BCUT2D eigenvalue weighted by atomic mass is 10.1. The van der Waals surface area contributed by atoms with Gasteiger partial charge in [-0.25, -0.2) is 14.4 Å². The Morgan fingerprint density at radius 2 is 1.90 bits per heavy atom. The number of hydrogen-bond acceptors (Lipinski definition) is 3. The predicted octanol–water partition coefficient (Wildman–Crippen LogP) is 3.54. The van der Waals surface area contributed by atoms with Crippen molar-refractivity contribution in [2.45, 2.75) is 6.18 Å². The van der Waals surface area contributed by atoms with E-state index in [4.69, 9.17) is 11.6 Å². The van der Waals surface area contributed by atoms with Crippen LogP contribution in [0.15, 0.2) is 30.6 Å². The van der Waals surface area contributed by atoms with E-state index >= 15 is 0 Å². The van der Waals surface area contributed by atoms with E-state index in [0.717, 1.165) is 24.5 Å². The van der Waals surface area contributed by atoms with Crippen LogP contribution in [0.5, 0.6) is 0 Å². The lowest BCUT2D eigenvalue weighted by molar-refractivity contribution is -0.140. The number of amides is 1. The van der Waals surface area contributed by atoms with E-state index in [2.05, 4.69) is 15.3 Å². The molecule has 0 fully saturated rings. The van der Waals surface area contributed by atoms with Gasteiger partial charge in [0.2, 0.25) is 0 Å². The van der Waals surface area contributed by atoms with Gasteiger partial charge in [-0.3, -0.25) is 4.79 Å². The molecule has 1 aromatic heterocycles. The Hall–Kier alpha value is -2.22. The van der Waals surface area contributed by atoms with E-state index in [1.165, 1.54) is 0 Å². The Morgan fingerprint density at radius 1 is 1.19 bits per heavy atom. The zero-order chi connectivity index (χ0) is 15.6. The molecule has 1 heterocycles. The van der Waals surface area contributed by atoms with Crippen LogP contribution in [0.25, 0.3) is 0 Å². The summed E-state index contributed by atoms with van der Waals surface area (Å²) in [6.07, 6.45) is -2.67. The zero-order valence-corrected chi connectivity index (χ0v) is 10.8. The molecular formula is C12H6ClF4N3O. The Morgan fingerprint density at radius 3 is 2.48 bits per heavy atom. The van der Waals surface area contributed by atoms with Crippen molar-refractivity contribution in [1.82, 2.24) is 9.97 Å². The molecule has 0 atom stereocenters. The number of benzene rings is 1. The summed E-state index contributed by atoms with van der Waals surface area (Å²) < 4.78 is 51.4. The Balaban J connectivity index is 2.30. The Kier molecular flexibility index (Phi) is 4.08. The number of rotatable bonds is 2. The van der Waals surface area contributed by atoms with Crippen LogP contribution in [0.2, 0.25) is 5.15 Å². The number of nitrogens with zero attached hydrogens (tertiary/aromatic N) is 2. The highest BCUT2D eigenvalue weighted by molar-refractivity contribution is 6.29. The van der Waals surface area contributed by atoms with Gasteiger partial charge in [0.25, 0.3) is 5.91 Å². The molecule has 2 rings (SSSR count). The molecule has 0 bridgehead atoms. The summed E-state index contributed by atoms with van der Waals surface area (Å²) in [6, 6.07) is 2.42. The van der Waals surface area contributed by atoms with Gasteiger partial charge in [-0.1, -0.05) is 17.7 Å². The monoisotopic (exact) mass is 319 g/mol. The Bertz CT molecular complexity index is 673. The number of halogens is 5. The smallest absolute Gasteiger partial charge is 0.305 e. The molecule has 0 saturated heterocycles. The molecule has 0 aliphatic carbocycles. The van der Waals surface area contributed by atoms with E-state index in [-0.39, 0.29) is 11.0 Å². The molecule has 0 saturated carbocycles. The minimum atomic E-state index is -4.89. The standard InChI is InChI=1S/C12H6ClF4N3O/c13-8-4-19-9(5-18-8)20-11(21)6-2-1-3-7(10(6)14)12(15,16)17/h1-5H,(H,19,20,21). The third-order valence-electron chi connectivity index (χ3n) is 2.41. The second kappa shape index (κ2) is 5.65. The molecule has 110 valence electrons. The maximum absolute atomic E-state index is 13.7. The van der Waals surface area contributed by atoms with E-state index in [0.29, 0.717) is 6.07 Å². The van der Waals surface area contributed by atoms with Crippen LogP contribution in [0, 0.1) is 5.82 Å². The van der Waals surface area contributed by atoms with Crippen LogP contribution in [-0.4, -0.2) is 15.9 Å². The maximum Gasteiger partial charge on any atom is 0.419 e. The number of carbonyl (C=O) groups excluding carboxylic acids is 1. The molecule has 0 spiro atoms. The van der Waals surface area contributed by atoms with Crippen LogP contribution in [-0.2, 0) is 6.18 Å². The average molecular weight is 320 g/mol. The molecule has 21 heavy (non-hydrogen) atoms. The SMILES string of the molecule is O=C(Nc1cnc(Cl)cn1)c1cccc(C(F)(F)F)c1F. The summed E-state index contributed by atoms with van der Waals surface area (Å²) in [5, 5.41) is 2.19. The Labute approximate surface area is 120 Å². The number of alkyl halides is 3. The molecule has 0 aliphatic heterocycles. The number of carbonyl (C=O) groups is 1. The fourth-order valence-corrected chi connectivity index (χ4v) is 1.58. The van der Waals surface area contributed by atoms with E-state index in [1.54, 1.807) is 0 Å². The van der Waals surface area contributed by atoms with Crippen LogP contribution >= 0.6 is 11.6 Å². The van der Waals surface area contributed by atoms with Crippen molar-refractivity contribution in [3.63, 3.8) is 0 Å². The molecule has 9 heteroatoms. The topological polar surface area (TPSA) is 54.9 Å². The minimum absolute atomic E-state index is 0.0678. The summed E-state index contributed by atoms with van der Waals surface area (Å²) in [5.74, 6) is -2.79. The lowest BCUT2D eigenvalue weighted by Crippen LogP contribution is -2.18. The van der Waals surface area contributed by atoms with Gasteiger partial charge in [0, 0.05) is 0 Å². The predicted molar refractivity (Wildman–Crippen MR) is 66.4 cm³/mol. The first-order valence-electron chi connectivity index (χ1n) is 5.43. The first-order valence-corrected chi connectivity index (χ1v) is 5.81. The van der Waals surface area contributed by atoms with E-state index < -0.39 is 29.0 Å². The van der Waals surface area contributed by atoms with Gasteiger partial charge in [0.05, 0.1) is 23.5 Å². The van der Waals surface area contributed by atoms with Gasteiger partial charge in [-0.15, -0.1) is 0 Å². The van der Waals surface area contributed by atoms with Crippen LogP contribution in [0.4, 0.5) is 23.4 Å². The lowest BCUT2D eigenvalue weighted by Gasteiger charge is -2.11. The number of nitrogens with one attached hydrogen (secondary N) is 1. The van der Waals surface area contributed by atoms with Gasteiger partial charge < -0.3 is 5.32 Å². The van der Waals surface area contributed by atoms with Crippen molar-refractivity contribution >= 4 is 23.3 Å². The second-order valence-corrected chi connectivity index (χ2v) is 4.23. The number of aromatic nitrogens is 2. The zero-order valence-electron chi connectivity index (χ0n) is 10.1. The summed E-state index contributed by atoms with van der Waals surface area (Å²) >= 11 is 5.49. The van der Waals surface area contributed by atoms with Crippen molar-refractivity contribution in [2.24, 2.45) is 0 Å². The van der Waals surface area contributed by atoms with Gasteiger partial charge in [-0.05, 0) is 12.1 Å². The highest BCUT2D eigenvalue weighted by Crippen LogP contribution is 2.32. The van der Waals surface area contributed by atoms with Crippen molar-refractivity contribution in [1.29, 1.82) is 0 Å².